The van der Waals surface area contributed by atoms with Crippen LogP contribution in [-0.4, -0.2) is 22.7 Å². The van der Waals surface area contributed by atoms with Crippen LogP contribution in [0.2, 0.25) is 0 Å². The van der Waals surface area contributed by atoms with Gasteiger partial charge >= 0.3 is 0 Å². The van der Waals surface area contributed by atoms with Gasteiger partial charge in [-0.05, 0) is 37.3 Å². The van der Waals surface area contributed by atoms with E-state index in [0.717, 1.165) is 5.56 Å². The second-order valence-electron chi connectivity index (χ2n) is 5.33. The van der Waals surface area contributed by atoms with Crippen LogP contribution in [0.15, 0.2) is 53.1 Å². The molecule has 128 valence electrons. The van der Waals surface area contributed by atoms with Gasteiger partial charge in [0.15, 0.2) is 5.82 Å². The van der Waals surface area contributed by atoms with E-state index in [1.165, 1.54) is 0 Å². The van der Waals surface area contributed by atoms with Crippen molar-refractivity contribution in [1.29, 1.82) is 0 Å². The van der Waals surface area contributed by atoms with Crippen LogP contribution in [0.1, 0.15) is 30.0 Å². The number of rotatable bonds is 6. The Bertz CT molecular complexity index is 874. The molecule has 0 spiro atoms. The molecule has 2 aromatic carbocycles. The van der Waals surface area contributed by atoms with Crippen LogP contribution >= 0.6 is 0 Å². The molecule has 0 atom stereocenters. The minimum atomic E-state index is -0.235. The zero-order valence-corrected chi connectivity index (χ0v) is 14.2. The molecule has 1 aromatic heterocycles. The summed E-state index contributed by atoms with van der Waals surface area (Å²) in [4.78, 5) is 16.9. The maximum Gasteiger partial charge on any atom is 0.259 e. The molecule has 0 unspecified atom stereocenters. The van der Waals surface area contributed by atoms with Crippen LogP contribution in [-0.2, 0) is 6.42 Å². The quantitative estimate of drug-likeness (QED) is 0.737. The van der Waals surface area contributed by atoms with Crippen molar-refractivity contribution in [2.45, 2.75) is 20.3 Å². The SMILES string of the molecule is CCOc1ccccc1C(=O)Nc1cccc(-c2nc(CC)no2)c1. The zero-order chi connectivity index (χ0) is 17.6. The normalized spacial score (nSPS) is 10.5. The maximum atomic E-state index is 12.6. The van der Waals surface area contributed by atoms with E-state index >= 15 is 0 Å². The Balaban J connectivity index is 1.81. The summed E-state index contributed by atoms with van der Waals surface area (Å²) >= 11 is 0. The second-order valence-corrected chi connectivity index (χ2v) is 5.33. The fourth-order valence-electron chi connectivity index (χ4n) is 2.38. The van der Waals surface area contributed by atoms with Crippen molar-refractivity contribution in [1.82, 2.24) is 10.1 Å². The number of hydrogen-bond donors (Lipinski definition) is 1. The Labute approximate surface area is 145 Å². The number of anilines is 1. The first kappa shape index (κ1) is 16.7. The molecule has 3 rings (SSSR count). The molecule has 0 saturated heterocycles. The Kier molecular flexibility index (Phi) is 5.09. The molecule has 0 fully saturated rings. The molecular formula is C19H19N3O3. The minimum absolute atomic E-state index is 0.235. The van der Waals surface area contributed by atoms with Crippen LogP contribution in [0.3, 0.4) is 0 Å². The van der Waals surface area contributed by atoms with Crippen LogP contribution in [0.4, 0.5) is 5.69 Å². The van der Waals surface area contributed by atoms with Gasteiger partial charge in [0.1, 0.15) is 5.75 Å². The van der Waals surface area contributed by atoms with Crippen molar-refractivity contribution in [3.63, 3.8) is 0 Å². The van der Waals surface area contributed by atoms with E-state index in [1.807, 2.05) is 38.1 Å². The monoisotopic (exact) mass is 337 g/mol. The largest absolute Gasteiger partial charge is 0.493 e. The summed E-state index contributed by atoms with van der Waals surface area (Å²) in [5, 5.41) is 6.77. The van der Waals surface area contributed by atoms with Crippen LogP contribution in [0, 0.1) is 0 Å². The Morgan fingerprint density at radius 3 is 2.76 bits per heavy atom. The highest BCUT2D eigenvalue weighted by Gasteiger charge is 2.13. The van der Waals surface area contributed by atoms with Crippen LogP contribution < -0.4 is 10.1 Å². The number of hydrogen-bond acceptors (Lipinski definition) is 5. The molecule has 25 heavy (non-hydrogen) atoms. The minimum Gasteiger partial charge on any atom is -0.493 e. The highest BCUT2D eigenvalue weighted by molar-refractivity contribution is 6.06. The Morgan fingerprint density at radius 1 is 1.16 bits per heavy atom. The lowest BCUT2D eigenvalue weighted by Crippen LogP contribution is -2.13. The highest BCUT2D eigenvalue weighted by atomic mass is 16.5. The predicted molar refractivity (Wildman–Crippen MR) is 94.7 cm³/mol. The molecule has 0 radical (unpaired) electrons. The van der Waals surface area contributed by atoms with Gasteiger partial charge in [-0.25, -0.2) is 0 Å². The third kappa shape index (κ3) is 3.85. The second kappa shape index (κ2) is 7.61. The average molecular weight is 337 g/mol. The van der Waals surface area contributed by atoms with Crippen molar-refractivity contribution in [2.75, 3.05) is 11.9 Å². The summed E-state index contributed by atoms with van der Waals surface area (Å²) in [6, 6.07) is 14.4. The first-order valence-electron chi connectivity index (χ1n) is 8.17. The standard InChI is InChI=1S/C19H19N3O3/c1-3-17-21-19(25-22-17)13-8-7-9-14(12-13)20-18(23)15-10-5-6-11-16(15)24-4-2/h5-12H,3-4H2,1-2H3,(H,20,23). The molecule has 0 aliphatic carbocycles. The van der Waals surface area contributed by atoms with E-state index < -0.39 is 0 Å². The van der Waals surface area contributed by atoms with E-state index in [9.17, 15) is 4.79 Å². The summed E-state index contributed by atoms with van der Waals surface area (Å²) in [7, 11) is 0. The maximum absolute atomic E-state index is 12.6. The summed E-state index contributed by atoms with van der Waals surface area (Å²) in [5.74, 6) is 1.40. The Hall–Kier alpha value is -3.15. The molecule has 0 bridgehead atoms. The highest BCUT2D eigenvalue weighted by Crippen LogP contribution is 2.23. The number of amides is 1. The topological polar surface area (TPSA) is 77.2 Å². The zero-order valence-electron chi connectivity index (χ0n) is 14.2. The smallest absolute Gasteiger partial charge is 0.259 e. The number of nitrogens with zero attached hydrogens (tertiary/aromatic N) is 2. The van der Waals surface area contributed by atoms with Gasteiger partial charge in [0.05, 0.1) is 12.2 Å². The number of aromatic nitrogens is 2. The van der Waals surface area contributed by atoms with Crippen molar-refractivity contribution >= 4 is 11.6 Å². The Morgan fingerprint density at radius 2 is 2.00 bits per heavy atom. The first-order valence-corrected chi connectivity index (χ1v) is 8.17. The molecule has 0 aliphatic heterocycles. The number of carbonyl (C=O) groups excluding carboxylic acids is 1. The van der Waals surface area contributed by atoms with Crippen molar-refractivity contribution < 1.29 is 14.1 Å². The van der Waals surface area contributed by atoms with Crippen LogP contribution in [0.5, 0.6) is 5.75 Å². The van der Waals surface area contributed by atoms with Crippen molar-refractivity contribution in [3.05, 3.63) is 59.9 Å². The summed E-state index contributed by atoms with van der Waals surface area (Å²) in [6.45, 7) is 4.34. The van der Waals surface area contributed by atoms with Crippen molar-refractivity contribution in [2.24, 2.45) is 0 Å². The fourth-order valence-corrected chi connectivity index (χ4v) is 2.38. The molecule has 6 nitrogen and oxygen atoms in total. The molecule has 1 heterocycles. The molecule has 1 N–H and O–H groups in total. The van der Waals surface area contributed by atoms with E-state index in [0.29, 0.717) is 41.7 Å². The van der Waals surface area contributed by atoms with Gasteiger partial charge in [-0.3, -0.25) is 4.79 Å². The lowest BCUT2D eigenvalue weighted by molar-refractivity contribution is 0.102. The van der Waals surface area contributed by atoms with Gasteiger partial charge in [-0.2, -0.15) is 4.98 Å². The van der Waals surface area contributed by atoms with E-state index in [1.54, 1.807) is 24.3 Å². The average Bonchev–Trinajstić information content (AvgIpc) is 3.12. The number of carbonyl (C=O) groups is 1. The number of aryl methyl sites for hydroxylation is 1. The summed E-state index contributed by atoms with van der Waals surface area (Å²) < 4.78 is 10.8. The molecule has 3 aromatic rings. The lowest BCUT2D eigenvalue weighted by Gasteiger charge is -2.10. The molecule has 6 heteroatoms. The van der Waals surface area contributed by atoms with Gasteiger partial charge in [0.25, 0.3) is 11.8 Å². The van der Waals surface area contributed by atoms with Gasteiger partial charge < -0.3 is 14.6 Å². The number of ether oxygens (including phenoxy) is 1. The number of para-hydroxylation sites is 1. The van der Waals surface area contributed by atoms with Crippen LogP contribution in [0.25, 0.3) is 11.5 Å². The third-order valence-electron chi connectivity index (χ3n) is 3.58. The first-order chi connectivity index (χ1) is 12.2. The van der Waals surface area contributed by atoms with Gasteiger partial charge in [-0.1, -0.05) is 30.3 Å². The van der Waals surface area contributed by atoms with Gasteiger partial charge in [-0.15, -0.1) is 0 Å². The number of nitrogens with one attached hydrogen (secondary N) is 1. The molecule has 0 saturated carbocycles. The van der Waals surface area contributed by atoms with E-state index in [2.05, 4.69) is 15.5 Å². The van der Waals surface area contributed by atoms with E-state index in [4.69, 9.17) is 9.26 Å². The molecule has 0 aliphatic rings. The lowest BCUT2D eigenvalue weighted by atomic mass is 10.1. The van der Waals surface area contributed by atoms with Crippen molar-refractivity contribution in [3.8, 4) is 17.2 Å². The molecule has 1 amide bonds. The fraction of sp³-hybridized carbons (Fsp3) is 0.211. The summed E-state index contributed by atoms with van der Waals surface area (Å²) in [6.07, 6.45) is 0.703. The molecular weight excluding hydrogens is 318 g/mol. The van der Waals surface area contributed by atoms with Gasteiger partial charge in [0, 0.05) is 17.7 Å². The number of benzene rings is 2. The predicted octanol–water partition coefficient (Wildman–Crippen LogP) is 3.95. The van der Waals surface area contributed by atoms with E-state index in [-0.39, 0.29) is 5.91 Å². The summed E-state index contributed by atoms with van der Waals surface area (Å²) in [5.41, 5.74) is 1.88. The third-order valence-corrected chi connectivity index (χ3v) is 3.58. The van der Waals surface area contributed by atoms with Gasteiger partial charge in [0.2, 0.25) is 0 Å².